The zero-order chi connectivity index (χ0) is 18.3. The highest BCUT2D eigenvalue weighted by molar-refractivity contribution is 14.0. The molecule has 0 unspecified atom stereocenters. The average molecular weight is 495 g/mol. The molecule has 2 N–H and O–H groups in total. The van der Waals surface area contributed by atoms with E-state index < -0.39 is 10.0 Å². The molecule has 0 aromatic carbocycles. The lowest BCUT2D eigenvalue weighted by Crippen LogP contribution is -2.49. The average Bonchev–Trinajstić information content (AvgIpc) is 2.60. The van der Waals surface area contributed by atoms with Crippen molar-refractivity contribution in [2.24, 2.45) is 4.99 Å². The Labute approximate surface area is 174 Å². The van der Waals surface area contributed by atoms with Gasteiger partial charge in [0, 0.05) is 32.4 Å². The van der Waals surface area contributed by atoms with Gasteiger partial charge in [0.15, 0.2) is 5.96 Å². The minimum atomic E-state index is -3.09. The lowest BCUT2D eigenvalue weighted by atomic mass is 10.1. The first kappa shape index (κ1) is 23.1. The summed E-state index contributed by atoms with van der Waals surface area (Å²) in [7, 11) is -1.35. The van der Waals surface area contributed by atoms with E-state index in [0.717, 1.165) is 30.1 Å². The Balaban J connectivity index is 0.00000338. The van der Waals surface area contributed by atoms with Crippen molar-refractivity contribution >= 4 is 40.0 Å². The number of halogens is 1. The summed E-state index contributed by atoms with van der Waals surface area (Å²) in [6, 6.07) is 4.18. The maximum Gasteiger partial charge on any atom is 0.214 e. The van der Waals surface area contributed by atoms with Gasteiger partial charge < -0.3 is 10.6 Å². The molecule has 0 atom stereocenters. The van der Waals surface area contributed by atoms with Crippen LogP contribution in [0.2, 0.25) is 0 Å². The number of rotatable bonds is 6. The summed E-state index contributed by atoms with van der Waals surface area (Å²) in [5, 5.41) is 6.67. The molecule has 2 heterocycles. The normalized spacial score (nSPS) is 16.8. The molecule has 1 aliphatic rings. The maximum absolute atomic E-state index is 12.1. The van der Waals surface area contributed by atoms with Crippen molar-refractivity contribution in [3.05, 3.63) is 29.6 Å². The molecule has 0 saturated carbocycles. The van der Waals surface area contributed by atoms with Crippen LogP contribution < -0.4 is 10.6 Å². The Hall–Kier alpha value is -0.940. The number of sulfonamides is 1. The van der Waals surface area contributed by atoms with Crippen LogP contribution in [0.25, 0.3) is 0 Å². The van der Waals surface area contributed by atoms with E-state index in [1.165, 1.54) is 0 Å². The zero-order valence-electron chi connectivity index (χ0n) is 15.7. The number of aliphatic imine (C=N–C) groups is 1. The van der Waals surface area contributed by atoms with Gasteiger partial charge in [0.1, 0.15) is 0 Å². The molecular weight excluding hydrogens is 465 g/mol. The Bertz CT molecular complexity index is 688. The van der Waals surface area contributed by atoms with E-state index in [4.69, 9.17) is 0 Å². The van der Waals surface area contributed by atoms with Crippen molar-refractivity contribution in [1.82, 2.24) is 19.9 Å². The molecule has 1 saturated heterocycles. The first-order valence-electron chi connectivity index (χ1n) is 8.81. The molecule has 148 valence electrons. The second-order valence-corrected chi connectivity index (χ2v) is 8.41. The molecule has 7 nitrogen and oxygen atoms in total. The summed E-state index contributed by atoms with van der Waals surface area (Å²) >= 11 is 0. The third-order valence-electron chi connectivity index (χ3n) is 4.41. The van der Waals surface area contributed by atoms with Gasteiger partial charge in [0.05, 0.1) is 18.0 Å². The third kappa shape index (κ3) is 6.66. The van der Waals surface area contributed by atoms with Crippen LogP contribution in [0.3, 0.4) is 0 Å². The minimum absolute atomic E-state index is 0. The van der Waals surface area contributed by atoms with Crippen molar-refractivity contribution < 1.29 is 8.42 Å². The quantitative estimate of drug-likeness (QED) is 0.358. The lowest BCUT2D eigenvalue weighted by Gasteiger charge is -2.32. The maximum atomic E-state index is 12.1. The van der Waals surface area contributed by atoms with Crippen molar-refractivity contribution in [2.45, 2.75) is 45.7 Å². The second kappa shape index (κ2) is 11.0. The number of pyridine rings is 1. The molecule has 1 aromatic heterocycles. The van der Waals surface area contributed by atoms with Crippen LogP contribution in [0.1, 0.15) is 37.4 Å². The van der Waals surface area contributed by atoms with Crippen molar-refractivity contribution in [1.29, 1.82) is 0 Å². The molecule has 0 spiro atoms. The van der Waals surface area contributed by atoms with Gasteiger partial charge in [-0.15, -0.1) is 24.0 Å². The standard InChI is InChI=1S/C17H29N5O2S.HI/c1-4-12-25(23,24)22-10-7-15(8-11-22)21-17(18-3)20-13-16-14(2)6-5-9-19-16;/h5-6,9,15H,4,7-8,10-13H2,1-3H3,(H2,18,20,21);1H. The van der Waals surface area contributed by atoms with Crippen LogP contribution in [0.4, 0.5) is 0 Å². The molecule has 0 amide bonds. The first-order chi connectivity index (χ1) is 12.0. The predicted octanol–water partition coefficient (Wildman–Crippen LogP) is 1.88. The topological polar surface area (TPSA) is 86.7 Å². The van der Waals surface area contributed by atoms with Gasteiger partial charge in [-0.25, -0.2) is 12.7 Å². The smallest absolute Gasteiger partial charge is 0.214 e. The molecule has 2 rings (SSSR count). The Kier molecular flexibility index (Phi) is 9.80. The van der Waals surface area contributed by atoms with E-state index in [2.05, 4.69) is 20.6 Å². The number of piperidine rings is 1. The number of guanidine groups is 1. The summed E-state index contributed by atoms with van der Waals surface area (Å²) in [5.74, 6) is 0.956. The van der Waals surface area contributed by atoms with Gasteiger partial charge in [0.25, 0.3) is 0 Å². The van der Waals surface area contributed by atoms with Crippen LogP contribution in [-0.2, 0) is 16.6 Å². The SMILES string of the molecule is CCCS(=O)(=O)N1CCC(NC(=NC)NCc2ncccc2C)CC1.I. The molecule has 1 fully saturated rings. The van der Waals surface area contributed by atoms with E-state index in [-0.39, 0.29) is 35.8 Å². The molecule has 26 heavy (non-hydrogen) atoms. The van der Waals surface area contributed by atoms with Gasteiger partial charge in [-0.3, -0.25) is 9.98 Å². The zero-order valence-corrected chi connectivity index (χ0v) is 18.9. The van der Waals surface area contributed by atoms with Crippen LogP contribution in [0.15, 0.2) is 23.3 Å². The van der Waals surface area contributed by atoms with Gasteiger partial charge in [-0.2, -0.15) is 0 Å². The van der Waals surface area contributed by atoms with Crippen molar-refractivity contribution in [3.8, 4) is 0 Å². The van der Waals surface area contributed by atoms with Crippen molar-refractivity contribution in [3.63, 3.8) is 0 Å². The van der Waals surface area contributed by atoms with E-state index in [1.54, 1.807) is 17.5 Å². The Morgan fingerprint density at radius 3 is 2.65 bits per heavy atom. The molecule has 9 heteroatoms. The number of nitrogens with zero attached hydrogens (tertiary/aromatic N) is 3. The van der Waals surface area contributed by atoms with Gasteiger partial charge >= 0.3 is 0 Å². The van der Waals surface area contributed by atoms with Crippen LogP contribution in [0.5, 0.6) is 0 Å². The fraction of sp³-hybridized carbons (Fsp3) is 0.647. The van der Waals surface area contributed by atoms with Crippen LogP contribution in [0, 0.1) is 6.92 Å². The number of aryl methyl sites for hydroxylation is 1. The van der Waals surface area contributed by atoms with Crippen LogP contribution >= 0.6 is 24.0 Å². The number of nitrogens with one attached hydrogen (secondary N) is 2. The van der Waals surface area contributed by atoms with E-state index in [0.29, 0.717) is 26.1 Å². The first-order valence-corrected chi connectivity index (χ1v) is 10.4. The lowest BCUT2D eigenvalue weighted by molar-refractivity contribution is 0.306. The third-order valence-corrected chi connectivity index (χ3v) is 6.49. The largest absolute Gasteiger partial charge is 0.354 e. The number of aromatic nitrogens is 1. The Morgan fingerprint density at radius 2 is 2.08 bits per heavy atom. The fourth-order valence-corrected chi connectivity index (χ4v) is 4.47. The summed E-state index contributed by atoms with van der Waals surface area (Å²) < 4.78 is 25.9. The number of hydrogen-bond donors (Lipinski definition) is 2. The monoisotopic (exact) mass is 495 g/mol. The Morgan fingerprint density at radius 1 is 1.38 bits per heavy atom. The van der Waals surface area contributed by atoms with Crippen LogP contribution in [-0.4, -0.2) is 55.6 Å². The molecule has 1 aromatic rings. The second-order valence-electron chi connectivity index (χ2n) is 6.33. The molecule has 0 aliphatic carbocycles. The highest BCUT2D eigenvalue weighted by Crippen LogP contribution is 2.15. The van der Waals surface area contributed by atoms with Crippen molar-refractivity contribution in [2.75, 3.05) is 25.9 Å². The molecule has 0 bridgehead atoms. The molecular formula is C17H30IN5O2S. The van der Waals surface area contributed by atoms with E-state index in [1.807, 2.05) is 26.0 Å². The minimum Gasteiger partial charge on any atom is -0.354 e. The molecule has 1 aliphatic heterocycles. The molecule has 0 radical (unpaired) electrons. The highest BCUT2D eigenvalue weighted by atomic mass is 127. The van der Waals surface area contributed by atoms with Gasteiger partial charge in [-0.05, 0) is 37.8 Å². The summed E-state index contributed by atoms with van der Waals surface area (Å²) in [6.45, 7) is 5.67. The predicted molar refractivity (Wildman–Crippen MR) is 116 cm³/mol. The van der Waals surface area contributed by atoms with Gasteiger partial charge in [-0.1, -0.05) is 13.0 Å². The number of hydrogen-bond acceptors (Lipinski definition) is 4. The van der Waals surface area contributed by atoms with E-state index in [9.17, 15) is 8.42 Å². The summed E-state index contributed by atoms with van der Waals surface area (Å²) in [4.78, 5) is 8.63. The van der Waals surface area contributed by atoms with Gasteiger partial charge in [0.2, 0.25) is 10.0 Å². The fourth-order valence-electron chi connectivity index (χ4n) is 2.92. The highest BCUT2D eigenvalue weighted by Gasteiger charge is 2.27. The summed E-state index contributed by atoms with van der Waals surface area (Å²) in [6.07, 6.45) is 4.01. The summed E-state index contributed by atoms with van der Waals surface area (Å²) in [5.41, 5.74) is 2.13. The van der Waals surface area contributed by atoms with E-state index >= 15 is 0 Å².